The molecule has 198 valence electrons. The molecule has 1 aromatic carbocycles. The van der Waals surface area contributed by atoms with Crippen molar-refractivity contribution < 1.29 is 27.4 Å². The summed E-state index contributed by atoms with van der Waals surface area (Å²) in [6.45, 7) is 2.47. The van der Waals surface area contributed by atoms with Gasteiger partial charge in [0.15, 0.2) is 5.82 Å². The molecule has 0 bridgehead atoms. The molecule has 1 aliphatic heterocycles. The minimum absolute atomic E-state index is 0.0700. The van der Waals surface area contributed by atoms with Crippen LogP contribution in [0.2, 0.25) is 0 Å². The molecule has 0 unspecified atom stereocenters. The quantitative estimate of drug-likeness (QED) is 0.295. The smallest absolute Gasteiger partial charge is 0.322 e. The summed E-state index contributed by atoms with van der Waals surface area (Å²) < 4.78 is 42.3. The third-order valence-electron chi connectivity index (χ3n) is 6.92. The third kappa shape index (κ3) is 6.41. The molecule has 3 aromatic rings. The predicted octanol–water partition coefficient (Wildman–Crippen LogP) is 5.89. The number of unbranched alkanes of at least 4 members (excludes halogenated alkanes) is 2. The number of rotatable bonds is 11. The molecule has 2 aromatic heterocycles. The van der Waals surface area contributed by atoms with Crippen LogP contribution in [0.3, 0.4) is 0 Å². The van der Waals surface area contributed by atoms with Gasteiger partial charge < -0.3 is 18.7 Å². The van der Waals surface area contributed by atoms with Gasteiger partial charge in [-0.05, 0) is 50.7 Å². The minimum Gasteiger partial charge on any atom is -0.381 e. The maximum Gasteiger partial charge on any atom is 0.322 e. The maximum atomic E-state index is 13.6. The van der Waals surface area contributed by atoms with Gasteiger partial charge in [0.05, 0.1) is 0 Å². The summed E-state index contributed by atoms with van der Waals surface area (Å²) in [6, 6.07) is 9.87. The third-order valence-corrected chi connectivity index (χ3v) is 6.92. The van der Waals surface area contributed by atoms with Gasteiger partial charge >= 0.3 is 5.92 Å². The van der Waals surface area contributed by atoms with Crippen LogP contribution >= 0.6 is 0 Å². The normalized spacial score (nSPS) is 16.7. The number of aryl methyl sites for hydroxylation is 1. The van der Waals surface area contributed by atoms with Crippen LogP contribution in [0.4, 0.5) is 14.5 Å². The molecule has 5 rings (SSSR count). The fourth-order valence-electron chi connectivity index (χ4n) is 4.61. The monoisotopic (exact) mass is 514 g/mol. The first kappa shape index (κ1) is 25.5. The summed E-state index contributed by atoms with van der Waals surface area (Å²) in [6.07, 6.45) is 6.40. The van der Waals surface area contributed by atoms with Crippen molar-refractivity contribution in [3.63, 3.8) is 0 Å². The molecule has 1 amide bonds. The first-order valence-corrected chi connectivity index (χ1v) is 13.1. The standard InChI is InChI=1S/C27H32F2N4O4/c1-27(28,29)26-30-24(32-37-26)8-3-2-4-13-33(25(34)19-11-14-35-15-12-19)21-7-5-6-20(16-21)22-17-23(36-31-22)18-9-10-18/h5-7,16-19H,2-4,8-15H2,1H3. The molecule has 1 saturated heterocycles. The highest BCUT2D eigenvalue weighted by Crippen LogP contribution is 2.41. The van der Waals surface area contributed by atoms with E-state index in [0.717, 1.165) is 55.3 Å². The number of carbonyl (C=O) groups is 1. The van der Waals surface area contributed by atoms with Gasteiger partial charge in [-0.3, -0.25) is 4.79 Å². The molecule has 0 radical (unpaired) electrons. The molecule has 2 aliphatic rings. The van der Waals surface area contributed by atoms with E-state index in [1.165, 1.54) is 0 Å². The zero-order chi connectivity index (χ0) is 25.8. The molecule has 10 heteroatoms. The Morgan fingerprint density at radius 2 is 1.86 bits per heavy atom. The zero-order valence-corrected chi connectivity index (χ0v) is 21.0. The first-order chi connectivity index (χ1) is 17.9. The van der Waals surface area contributed by atoms with Crippen LogP contribution in [0.15, 0.2) is 39.4 Å². The van der Waals surface area contributed by atoms with Gasteiger partial charge in [-0.25, -0.2) is 0 Å². The van der Waals surface area contributed by atoms with Crippen molar-refractivity contribution in [2.45, 2.75) is 70.1 Å². The van der Waals surface area contributed by atoms with E-state index in [-0.39, 0.29) is 17.6 Å². The summed E-state index contributed by atoms with van der Waals surface area (Å²) in [5.41, 5.74) is 2.52. The molecule has 2 fully saturated rings. The number of aromatic nitrogens is 3. The summed E-state index contributed by atoms with van der Waals surface area (Å²) in [5.74, 6) is -2.09. The van der Waals surface area contributed by atoms with E-state index >= 15 is 0 Å². The highest BCUT2D eigenvalue weighted by Gasteiger charge is 2.32. The molecule has 8 nitrogen and oxygen atoms in total. The Balaban J connectivity index is 1.24. The first-order valence-electron chi connectivity index (χ1n) is 13.1. The molecule has 0 spiro atoms. The van der Waals surface area contributed by atoms with E-state index in [0.29, 0.717) is 51.4 Å². The predicted molar refractivity (Wildman–Crippen MR) is 131 cm³/mol. The van der Waals surface area contributed by atoms with Gasteiger partial charge in [-0.2, -0.15) is 13.8 Å². The number of hydrogen-bond donors (Lipinski definition) is 0. The van der Waals surface area contributed by atoms with Crippen LogP contribution in [-0.4, -0.2) is 41.0 Å². The van der Waals surface area contributed by atoms with Gasteiger partial charge in [-0.15, -0.1) is 0 Å². The lowest BCUT2D eigenvalue weighted by Crippen LogP contribution is -2.39. The number of carbonyl (C=O) groups excluding carboxylic acids is 1. The van der Waals surface area contributed by atoms with E-state index in [1.807, 2.05) is 35.2 Å². The fourth-order valence-corrected chi connectivity index (χ4v) is 4.61. The molecule has 0 atom stereocenters. The lowest BCUT2D eigenvalue weighted by molar-refractivity contribution is -0.125. The van der Waals surface area contributed by atoms with Crippen LogP contribution in [0.1, 0.15) is 75.3 Å². The Morgan fingerprint density at radius 3 is 2.59 bits per heavy atom. The van der Waals surface area contributed by atoms with Crippen LogP contribution in [0.25, 0.3) is 11.3 Å². The highest BCUT2D eigenvalue weighted by molar-refractivity contribution is 5.95. The lowest BCUT2D eigenvalue weighted by Gasteiger charge is -2.30. The Morgan fingerprint density at radius 1 is 1.05 bits per heavy atom. The molecule has 3 heterocycles. The highest BCUT2D eigenvalue weighted by atomic mass is 19.3. The summed E-state index contributed by atoms with van der Waals surface area (Å²) >= 11 is 0. The second-order valence-electron chi connectivity index (χ2n) is 10.0. The van der Waals surface area contributed by atoms with Crippen LogP contribution in [-0.2, 0) is 21.9 Å². The number of amides is 1. The van der Waals surface area contributed by atoms with Crippen LogP contribution < -0.4 is 4.90 Å². The number of anilines is 1. The van der Waals surface area contributed by atoms with Crippen molar-refractivity contribution in [3.05, 3.63) is 47.8 Å². The molecule has 1 saturated carbocycles. The average molecular weight is 515 g/mol. The number of hydrogen-bond acceptors (Lipinski definition) is 7. The van der Waals surface area contributed by atoms with E-state index in [4.69, 9.17) is 9.26 Å². The maximum absolute atomic E-state index is 13.6. The Hall–Kier alpha value is -3.14. The van der Waals surface area contributed by atoms with E-state index in [9.17, 15) is 13.6 Å². The van der Waals surface area contributed by atoms with Crippen molar-refractivity contribution in [1.82, 2.24) is 15.3 Å². The van der Waals surface area contributed by atoms with Crippen molar-refractivity contribution >= 4 is 11.6 Å². The van der Waals surface area contributed by atoms with Crippen molar-refractivity contribution in [2.75, 3.05) is 24.7 Å². The van der Waals surface area contributed by atoms with Gasteiger partial charge in [0.25, 0.3) is 5.89 Å². The van der Waals surface area contributed by atoms with Gasteiger partial charge in [-0.1, -0.05) is 28.9 Å². The molecule has 1 aliphatic carbocycles. The topological polar surface area (TPSA) is 94.5 Å². The van der Waals surface area contributed by atoms with Crippen molar-refractivity contribution in [3.8, 4) is 11.3 Å². The number of halogens is 2. The van der Waals surface area contributed by atoms with E-state index in [1.54, 1.807) is 0 Å². The second-order valence-corrected chi connectivity index (χ2v) is 10.0. The number of benzene rings is 1. The Kier molecular flexibility index (Phi) is 7.64. The van der Waals surface area contributed by atoms with Gasteiger partial charge in [0.2, 0.25) is 5.91 Å². The zero-order valence-electron chi connectivity index (χ0n) is 21.0. The number of ether oxygens (including phenoxy) is 1. The average Bonchev–Trinajstić information content (AvgIpc) is 3.42. The largest absolute Gasteiger partial charge is 0.381 e. The van der Waals surface area contributed by atoms with Gasteiger partial charge in [0.1, 0.15) is 11.5 Å². The van der Waals surface area contributed by atoms with E-state index < -0.39 is 11.8 Å². The van der Waals surface area contributed by atoms with Crippen LogP contribution in [0.5, 0.6) is 0 Å². The second kappa shape index (κ2) is 11.1. The summed E-state index contributed by atoms with van der Waals surface area (Å²) in [5, 5.41) is 7.90. The van der Waals surface area contributed by atoms with E-state index in [2.05, 4.69) is 19.8 Å². The van der Waals surface area contributed by atoms with Crippen molar-refractivity contribution in [2.24, 2.45) is 5.92 Å². The Bertz CT molecular complexity index is 1190. The van der Waals surface area contributed by atoms with Crippen LogP contribution in [0, 0.1) is 5.92 Å². The Labute approximate surface area is 214 Å². The van der Waals surface area contributed by atoms with Crippen molar-refractivity contribution in [1.29, 1.82) is 0 Å². The molecular weight excluding hydrogens is 482 g/mol. The SMILES string of the molecule is CC(F)(F)c1nc(CCCCCN(C(=O)C2CCOCC2)c2cccc(-c3cc(C4CC4)on3)c2)no1. The lowest BCUT2D eigenvalue weighted by atomic mass is 9.97. The summed E-state index contributed by atoms with van der Waals surface area (Å²) in [4.78, 5) is 19.2. The van der Waals surface area contributed by atoms with Gasteiger partial charge in [0, 0.05) is 62.3 Å². The summed E-state index contributed by atoms with van der Waals surface area (Å²) in [7, 11) is 0. The fraction of sp³-hybridized carbons (Fsp3) is 0.556. The minimum atomic E-state index is -3.14. The number of alkyl halides is 2. The molecule has 0 N–H and O–H groups in total. The molecular formula is C27H32F2N4O4. The molecule has 37 heavy (non-hydrogen) atoms. The number of nitrogens with zero attached hydrogens (tertiary/aromatic N) is 4.